The van der Waals surface area contributed by atoms with Crippen molar-refractivity contribution in [3.63, 3.8) is 0 Å². The number of halogens is 3. The predicted octanol–water partition coefficient (Wildman–Crippen LogP) is 6.95. The molecule has 0 bridgehead atoms. The van der Waals surface area contributed by atoms with E-state index in [0.29, 0.717) is 32.5 Å². The van der Waals surface area contributed by atoms with Crippen LogP contribution >= 0.6 is 46.6 Å². The van der Waals surface area contributed by atoms with E-state index in [1.54, 1.807) is 0 Å². The third kappa shape index (κ3) is 5.75. The number of thioether (sulfide) groups is 1. The first-order chi connectivity index (χ1) is 14.6. The number of rotatable bonds is 6. The molecule has 2 aromatic carbocycles. The lowest BCUT2D eigenvalue weighted by Crippen LogP contribution is -2.15. The Morgan fingerprint density at radius 1 is 1.03 bits per heavy atom. The van der Waals surface area contributed by atoms with Crippen molar-refractivity contribution in [3.05, 3.63) is 57.0 Å². The fourth-order valence-electron chi connectivity index (χ4n) is 2.95. The molecule has 1 amide bonds. The van der Waals surface area contributed by atoms with Gasteiger partial charge in [0, 0.05) is 12.1 Å². The van der Waals surface area contributed by atoms with Crippen LogP contribution in [0.5, 0.6) is 0 Å². The van der Waals surface area contributed by atoms with E-state index in [9.17, 15) is 4.79 Å². The Balaban J connectivity index is 1.71. The SMILES string of the molecule is CCn1c(SCC(=O)Nc2cc(Cl)c(Cl)cc2Cl)nnc1-c1ccc(C(C)(C)C)cc1. The fourth-order valence-corrected chi connectivity index (χ4v) is 4.34. The quantitative estimate of drug-likeness (QED) is 0.295. The molecule has 1 N–H and O–H groups in total. The Hall–Kier alpha value is -1.73. The summed E-state index contributed by atoms with van der Waals surface area (Å²) < 4.78 is 2.00. The highest BCUT2D eigenvalue weighted by Crippen LogP contribution is 2.33. The van der Waals surface area contributed by atoms with Crippen LogP contribution in [-0.2, 0) is 16.8 Å². The van der Waals surface area contributed by atoms with Gasteiger partial charge in [0.1, 0.15) is 0 Å². The minimum atomic E-state index is -0.230. The summed E-state index contributed by atoms with van der Waals surface area (Å²) in [6.45, 7) is 9.26. The minimum Gasteiger partial charge on any atom is -0.324 e. The van der Waals surface area contributed by atoms with Gasteiger partial charge in [0.2, 0.25) is 5.91 Å². The molecule has 164 valence electrons. The van der Waals surface area contributed by atoms with Crippen molar-refractivity contribution in [3.8, 4) is 11.4 Å². The standard InChI is InChI=1S/C22H23Cl3N4OS/c1-5-29-20(13-6-8-14(9-7-13)22(2,3)4)27-28-21(29)31-12-19(30)26-18-11-16(24)15(23)10-17(18)25/h6-11H,5,12H2,1-4H3,(H,26,30). The zero-order valence-corrected chi connectivity index (χ0v) is 20.8. The molecule has 0 fully saturated rings. The first kappa shape index (κ1) is 23.9. The molecule has 0 aliphatic heterocycles. The van der Waals surface area contributed by atoms with Crippen molar-refractivity contribution in [1.82, 2.24) is 14.8 Å². The Labute approximate surface area is 201 Å². The monoisotopic (exact) mass is 496 g/mol. The van der Waals surface area contributed by atoms with E-state index in [-0.39, 0.29) is 17.1 Å². The largest absolute Gasteiger partial charge is 0.324 e. The number of nitrogens with one attached hydrogen (secondary N) is 1. The molecular weight excluding hydrogens is 475 g/mol. The molecule has 1 heterocycles. The van der Waals surface area contributed by atoms with Crippen molar-refractivity contribution >= 4 is 58.2 Å². The Morgan fingerprint density at radius 3 is 2.29 bits per heavy atom. The maximum absolute atomic E-state index is 12.4. The summed E-state index contributed by atoms with van der Waals surface area (Å²) >= 11 is 19.4. The summed E-state index contributed by atoms with van der Waals surface area (Å²) in [7, 11) is 0. The van der Waals surface area contributed by atoms with Gasteiger partial charge in [-0.05, 0) is 30.0 Å². The second-order valence-corrected chi connectivity index (χ2v) is 10.1. The molecule has 3 rings (SSSR count). The van der Waals surface area contributed by atoms with Crippen LogP contribution in [0.15, 0.2) is 41.6 Å². The molecule has 0 aliphatic rings. The number of nitrogens with zero attached hydrogens (tertiary/aromatic N) is 3. The van der Waals surface area contributed by atoms with Crippen LogP contribution in [0, 0.1) is 0 Å². The minimum absolute atomic E-state index is 0.0859. The van der Waals surface area contributed by atoms with E-state index in [1.165, 1.54) is 29.5 Å². The van der Waals surface area contributed by atoms with E-state index in [1.807, 2.05) is 11.5 Å². The number of carbonyl (C=O) groups is 1. The van der Waals surface area contributed by atoms with Crippen LogP contribution in [0.4, 0.5) is 5.69 Å². The average molecular weight is 498 g/mol. The highest BCUT2D eigenvalue weighted by molar-refractivity contribution is 7.99. The van der Waals surface area contributed by atoms with Crippen molar-refractivity contribution in [2.45, 2.75) is 44.8 Å². The smallest absolute Gasteiger partial charge is 0.234 e. The normalized spacial score (nSPS) is 11.6. The molecule has 0 radical (unpaired) electrons. The summed E-state index contributed by atoms with van der Waals surface area (Å²) in [6.07, 6.45) is 0. The van der Waals surface area contributed by atoms with Crippen LogP contribution in [-0.4, -0.2) is 26.4 Å². The summed E-state index contributed by atoms with van der Waals surface area (Å²) in [4.78, 5) is 12.4. The molecule has 0 saturated carbocycles. The Kier molecular flexibility index (Phi) is 7.58. The molecule has 9 heteroatoms. The van der Waals surface area contributed by atoms with Gasteiger partial charge in [-0.2, -0.15) is 0 Å². The third-order valence-corrected chi connectivity index (χ3v) is 6.66. The van der Waals surface area contributed by atoms with Crippen LogP contribution in [0.25, 0.3) is 11.4 Å². The molecule has 0 aliphatic carbocycles. The van der Waals surface area contributed by atoms with Crippen LogP contribution in [0.1, 0.15) is 33.3 Å². The van der Waals surface area contributed by atoms with Gasteiger partial charge in [0.15, 0.2) is 11.0 Å². The van der Waals surface area contributed by atoms with Gasteiger partial charge in [0.25, 0.3) is 0 Å². The summed E-state index contributed by atoms with van der Waals surface area (Å²) in [5.74, 6) is 0.697. The molecule has 0 saturated heterocycles. The molecule has 1 aromatic heterocycles. The number of aromatic nitrogens is 3. The number of benzene rings is 2. The van der Waals surface area contributed by atoms with Gasteiger partial charge in [0.05, 0.1) is 26.5 Å². The number of carbonyl (C=O) groups excluding carboxylic acids is 1. The van der Waals surface area contributed by atoms with Crippen LogP contribution in [0.2, 0.25) is 15.1 Å². The fraction of sp³-hybridized carbons (Fsp3) is 0.318. The van der Waals surface area contributed by atoms with Gasteiger partial charge in [-0.15, -0.1) is 10.2 Å². The number of anilines is 1. The van der Waals surface area contributed by atoms with Gasteiger partial charge >= 0.3 is 0 Å². The van der Waals surface area contributed by atoms with Crippen LogP contribution in [0.3, 0.4) is 0 Å². The third-order valence-electron chi connectivity index (χ3n) is 4.66. The lowest BCUT2D eigenvalue weighted by Gasteiger charge is -2.19. The second kappa shape index (κ2) is 9.82. The Bertz CT molecular complexity index is 1090. The maximum atomic E-state index is 12.4. The Morgan fingerprint density at radius 2 is 1.68 bits per heavy atom. The summed E-state index contributed by atoms with van der Waals surface area (Å²) in [5.41, 5.74) is 2.74. The molecule has 5 nitrogen and oxygen atoms in total. The van der Waals surface area contributed by atoms with Crippen molar-refractivity contribution in [2.24, 2.45) is 0 Å². The molecule has 0 atom stereocenters. The number of hydrogen-bond acceptors (Lipinski definition) is 4. The summed E-state index contributed by atoms with van der Waals surface area (Å²) in [5, 5.41) is 13.0. The van der Waals surface area contributed by atoms with E-state index < -0.39 is 0 Å². The van der Waals surface area contributed by atoms with E-state index in [0.717, 1.165) is 11.4 Å². The highest BCUT2D eigenvalue weighted by atomic mass is 35.5. The molecular formula is C22H23Cl3N4OS. The van der Waals surface area contributed by atoms with Gasteiger partial charge < -0.3 is 9.88 Å². The lowest BCUT2D eigenvalue weighted by atomic mass is 9.87. The molecule has 0 spiro atoms. The first-order valence-corrected chi connectivity index (χ1v) is 11.8. The van der Waals surface area contributed by atoms with Crippen molar-refractivity contribution in [1.29, 1.82) is 0 Å². The number of amides is 1. The number of hydrogen-bond donors (Lipinski definition) is 1. The topological polar surface area (TPSA) is 59.8 Å². The van der Waals surface area contributed by atoms with Crippen LogP contribution < -0.4 is 5.32 Å². The zero-order valence-electron chi connectivity index (χ0n) is 17.7. The van der Waals surface area contributed by atoms with Gasteiger partial charge in [-0.25, -0.2) is 0 Å². The van der Waals surface area contributed by atoms with Crippen molar-refractivity contribution in [2.75, 3.05) is 11.1 Å². The van der Waals surface area contributed by atoms with Gasteiger partial charge in [-0.1, -0.05) is 91.6 Å². The predicted molar refractivity (Wildman–Crippen MR) is 131 cm³/mol. The van der Waals surface area contributed by atoms with Crippen molar-refractivity contribution < 1.29 is 4.79 Å². The lowest BCUT2D eigenvalue weighted by molar-refractivity contribution is -0.113. The molecule has 31 heavy (non-hydrogen) atoms. The highest BCUT2D eigenvalue weighted by Gasteiger charge is 2.17. The van der Waals surface area contributed by atoms with E-state index >= 15 is 0 Å². The van der Waals surface area contributed by atoms with Gasteiger partial charge in [-0.3, -0.25) is 4.79 Å². The maximum Gasteiger partial charge on any atom is 0.234 e. The molecule has 0 unspecified atom stereocenters. The van der Waals surface area contributed by atoms with E-state index in [4.69, 9.17) is 34.8 Å². The molecule has 3 aromatic rings. The summed E-state index contributed by atoms with van der Waals surface area (Å²) in [6, 6.07) is 11.4. The first-order valence-electron chi connectivity index (χ1n) is 9.71. The second-order valence-electron chi connectivity index (χ2n) is 7.96. The zero-order chi connectivity index (χ0) is 22.8. The van der Waals surface area contributed by atoms with E-state index in [2.05, 4.69) is 60.6 Å². The average Bonchev–Trinajstić information content (AvgIpc) is 3.13.